The number of phenols is 1. The van der Waals surface area contributed by atoms with E-state index in [4.69, 9.17) is 4.74 Å². The van der Waals surface area contributed by atoms with Crippen molar-refractivity contribution in [2.75, 3.05) is 10.6 Å². The summed E-state index contributed by atoms with van der Waals surface area (Å²) in [7, 11) is 1.71. The average Bonchev–Trinajstić information content (AvgIpc) is 3.46. The Bertz CT molecular complexity index is 2150. The van der Waals surface area contributed by atoms with E-state index in [9.17, 15) is 41.7 Å². The van der Waals surface area contributed by atoms with Crippen LogP contribution in [0.15, 0.2) is 42.9 Å². The van der Waals surface area contributed by atoms with Crippen molar-refractivity contribution in [3.63, 3.8) is 0 Å². The number of aromatic nitrogens is 7. The van der Waals surface area contributed by atoms with E-state index in [2.05, 4.69) is 41.0 Å². The minimum Gasteiger partial charge on any atom is -0.507 e. The lowest BCUT2D eigenvalue weighted by Crippen LogP contribution is -2.48. The number of aliphatic hydroxyl groups is 2. The van der Waals surface area contributed by atoms with E-state index in [-0.39, 0.29) is 29.3 Å². The maximum absolute atomic E-state index is 14.0. The minimum absolute atomic E-state index is 0.0496. The molecule has 4 aromatic heterocycles. The van der Waals surface area contributed by atoms with E-state index >= 15 is 0 Å². The fourth-order valence-electron chi connectivity index (χ4n) is 6.75. The number of aromatic hydroxyl groups is 1. The van der Waals surface area contributed by atoms with Crippen molar-refractivity contribution in [3.8, 4) is 40.0 Å². The molecule has 2 fully saturated rings. The van der Waals surface area contributed by atoms with Gasteiger partial charge in [0.15, 0.2) is 23.2 Å². The first-order valence-electron chi connectivity index (χ1n) is 16.6. The van der Waals surface area contributed by atoms with Gasteiger partial charge in [-0.1, -0.05) is 12.8 Å². The summed E-state index contributed by atoms with van der Waals surface area (Å²) in [6.45, 7) is 1.70. The zero-order valence-electron chi connectivity index (χ0n) is 28.2. The second-order valence-electron chi connectivity index (χ2n) is 13.6. The monoisotopic (exact) mass is 745 g/mol. The Balaban J connectivity index is 1.32. The second-order valence-corrected chi connectivity index (χ2v) is 13.6. The molecule has 7 rings (SSSR count). The number of aliphatic hydroxyl groups excluding tert-OH is 1. The maximum Gasteiger partial charge on any atom is 0.418 e. The number of alkyl halides is 6. The number of rotatable bonds is 8. The summed E-state index contributed by atoms with van der Waals surface area (Å²) < 4.78 is 91.7. The molecule has 0 radical (unpaired) electrons. The lowest BCUT2D eigenvalue weighted by Gasteiger charge is -2.41. The fraction of sp³-hybridized carbons (Fsp3) is 0.412. The van der Waals surface area contributed by atoms with Crippen molar-refractivity contribution in [2.24, 2.45) is 7.05 Å². The molecule has 19 heteroatoms. The summed E-state index contributed by atoms with van der Waals surface area (Å²) in [6.07, 6.45) is -3.36. The van der Waals surface area contributed by atoms with Crippen LogP contribution in [0, 0.1) is 0 Å². The van der Waals surface area contributed by atoms with Gasteiger partial charge in [0.25, 0.3) is 0 Å². The standard InChI is InChI=1S/C34H33F6N9O4/c1-32(52)12-18(13-32)43-31-29-19(7-8-49(29)2)27(46-48-31)28-24(11-17(14-41-28)34(38,39)40)53-23-10-16(33(35,36)37)9-22(51)26(23)30-42-15-25(45-47-30)44-20-5-3-4-6-21(20)50/h7-11,14-15,18,20-21,50-52H,3-6,12-13H2,1-2H3,(H,43,48)(H,44,45)/t18?,20-,21-,32?/m1/s1. The maximum atomic E-state index is 14.0. The number of nitrogens with zero attached hydrogens (tertiary/aromatic N) is 7. The van der Waals surface area contributed by atoms with Gasteiger partial charge in [0.1, 0.15) is 28.5 Å². The second kappa shape index (κ2) is 13.3. The lowest BCUT2D eigenvalue weighted by molar-refractivity contribution is -0.138. The smallest absolute Gasteiger partial charge is 0.418 e. The van der Waals surface area contributed by atoms with Crippen LogP contribution in [0.25, 0.3) is 33.7 Å². The van der Waals surface area contributed by atoms with Crippen LogP contribution in [0.1, 0.15) is 56.6 Å². The molecule has 53 heavy (non-hydrogen) atoms. The van der Waals surface area contributed by atoms with Gasteiger partial charge in [-0.3, -0.25) is 0 Å². The Morgan fingerprint density at radius 1 is 0.868 bits per heavy atom. The normalized spacial score (nSPS) is 22.0. The Morgan fingerprint density at radius 3 is 2.25 bits per heavy atom. The number of anilines is 2. The van der Waals surface area contributed by atoms with E-state index in [1.807, 2.05) is 0 Å². The molecule has 2 aliphatic carbocycles. The van der Waals surface area contributed by atoms with Crippen molar-refractivity contribution in [1.82, 2.24) is 34.9 Å². The summed E-state index contributed by atoms with van der Waals surface area (Å²) in [5, 5.41) is 54.5. The number of aryl methyl sites for hydroxylation is 1. The largest absolute Gasteiger partial charge is 0.507 e. The molecule has 2 aliphatic rings. The molecule has 1 aromatic carbocycles. The molecule has 13 nitrogen and oxygen atoms in total. The highest BCUT2D eigenvalue weighted by Crippen LogP contribution is 2.46. The van der Waals surface area contributed by atoms with Crippen LogP contribution >= 0.6 is 0 Å². The molecule has 0 spiro atoms. The molecule has 2 saturated carbocycles. The van der Waals surface area contributed by atoms with E-state index in [1.165, 1.54) is 6.20 Å². The third-order valence-corrected chi connectivity index (χ3v) is 9.40. The van der Waals surface area contributed by atoms with Crippen LogP contribution in [0.2, 0.25) is 0 Å². The number of pyridine rings is 1. The number of benzene rings is 1. The van der Waals surface area contributed by atoms with E-state index in [0.717, 1.165) is 12.8 Å². The van der Waals surface area contributed by atoms with Gasteiger partial charge < -0.3 is 35.3 Å². The number of ether oxygens (including phenoxy) is 1. The highest BCUT2D eigenvalue weighted by molar-refractivity contribution is 5.99. The van der Waals surface area contributed by atoms with E-state index < -0.39 is 63.8 Å². The Morgan fingerprint density at radius 2 is 1.58 bits per heavy atom. The van der Waals surface area contributed by atoms with Crippen molar-refractivity contribution in [2.45, 2.75) is 81.6 Å². The van der Waals surface area contributed by atoms with E-state index in [1.54, 1.807) is 30.8 Å². The molecular weight excluding hydrogens is 712 g/mol. The summed E-state index contributed by atoms with van der Waals surface area (Å²) >= 11 is 0. The zero-order valence-corrected chi connectivity index (χ0v) is 28.2. The highest BCUT2D eigenvalue weighted by Gasteiger charge is 2.39. The molecule has 5 N–H and O–H groups in total. The van der Waals surface area contributed by atoms with Gasteiger partial charge in [-0.25, -0.2) is 9.97 Å². The first-order valence-corrected chi connectivity index (χ1v) is 16.6. The molecule has 0 bridgehead atoms. The van der Waals surface area contributed by atoms with Gasteiger partial charge in [-0.2, -0.15) is 26.3 Å². The number of phenolic OH excluding ortho intramolecular Hbond substituents is 1. The summed E-state index contributed by atoms with van der Waals surface area (Å²) in [5.41, 5.74) is -3.85. The SMILES string of the molecule is Cn1ccc2c(-c3ncc(C(F)(F)F)cc3Oc3cc(C(F)(F)F)cc(O)c3-c3ncc(N[C@@H]4CCCC[C@H]4O)nn3)nnc(NC3CC(C)(O)C3)c21. The topological polar surface area (TPSA) is 176 Å². The molecule has 5 aromatic rings. The number of hydrogen-bond donors (Lipinski definition) is 5. The molecule has 0 amide bonds. The number of fused-ring (bicyclic) bond motifs is 1. The molecular formula is C34H33F6N9O4. The average molecular weight is 746 g/mol. The van der Waals surface area contributed by atoms with Crippen LogP contribution in [0.5, 0.6) is 17.2 Å². The highest BCUT2D eigenvalue weighted by atomic mass is 19.4. The van der Waals surface area contributed by atoms with E-state index in [0.29, 0.717) is 66.8 Å². The van der Waals surface area contributed by atoms with Crippen LogP contribution in [-0.4, -0.2) is 74.0 Å². The first-order chi connectivity index (χ1) is 25.0. The summed E-state index contributed by atoms with van der Waals surface area (Å²) in [6, 6.07) is 2.62. The first kappa shape index (κ1) is 36.1. The van der Waals surface area contributed by atoms with Gasteiger partial charge in [-0.15, -0.1) is 20.4 Å². The molecule has 0 unspecified atom stereocenters. The number of hydrogen-bond acceptors (Lipinski definition) is 12. The molecule has 0 aliphatic heterocycles. The van der Waals surface area contributed by atoms with Crippen LogP contribution < -0.4 is 15.4 Å². The predicted molar refractivity (Wildman–Crippen MR) is 178 cm³/mol. The Labute approximate surface area is 297 Å². The Hall–Kier alpha value is -5.30. The zero-order chi connectivity index (χ0) is 37.9. The molecule has 0 saturated heterocycles. The van der Waals surface area contributed by atoms with Crippen molar-refractivity contribution in [1.29, 1.82) is 0 Å². The third kappa shape index (κ3) is 7.35. The van der Waals surface area contributed by atoms with Crippen molar-refractivity contribution >= 4 is 22.5 Å². The van der Waals surface area contributed by atoms with Gasteiger partial charge in [-0.05, 0) is 56.9 Å². The van der Waals surface area contributed by atoms with Gasteiger partial charge in [0.05, 0.1) is 40.6 Å². The van der Waals surface area contributed by atoms with Crippen LogP contribution in [0.4, 0.5) is 38.0 Å². The quantitative estimate of drug-likeness (QED) is 0.110. The van der Waals surface area contributed by atoms with Crippen LogP contribution in [-0.2, 0) is 19.4 Å². The van der Waals surface area contributed by atoms with Gasteiger partial charge in [0.2, 0.25) is 0 Å². The molecule has 280 valence electrons. The third-order valence-electron chi connectivity index (χ3n) is 9.40. The van der Waals surface area contributed by atoms with Crippen LogP contribution in [0.3, 0.4) is 0 Å². The van der Waals surface area contributed by atoms with Crippen molar-refractivity contribution in [3.05, 3.63) is 54.0 Å². The number of nitrogens with one attached hydrogen (secondary N) is 2. The fourth-order valence-corrected chi connectivity index (χ4v) is 6.75. The van der Waals surface area contributed by atoms with Crippen molar-refractivity contribution < 1.29 is 46.4 Å². The Kier molecular flexibility index (Phi) is 9.04. The lowest BCUT2D eigenvalue weighted by atomic mass is 9.77. The van der Waals surface area contributed by atoms with Gasteiger partial charge >= 0.3 is 12.4 Å². The summed E-state index contributed by atoms with van der Waals surface area (Å²) in [5.74, 6) is -2.33. The molecule has 4 heterocycles. The number of halogens is 6. The van der Waals surface area contributed by atoms with Gasteiger partial charge in [0, 0.05) is 30.9 Å². The minimum atomic E-state index is -5.00. The summed E-state index contributed by atoms with van der Waals surface area (Å²) in [4.78, 5) is 8.16. The predicted octanol–water partition coefficient (Wildman–Crippen LogP) is 6.46. The molecule has 2 atom stereocenters.